The van der Waals surface area contributed by atoms with Crippen LogP contribution in [0.15, 0.2) is 36.4 Å². The van der Waals surface area contributed by atoms with E-state index in [1.807, 2.05) is 6.07 Å². The van der Waals surface area contributed by atoms with Crippen LogP contribution in [-0.4, -0.2) is 51.3 Å². The molecule has 2 aromatic carbocycles. The fourth-order valence-corrected chi connectivity index (χ4v) is 4.25. The first-order valence-electron chi connectivity index (χ1n) is 11.2. The molecular formula is C25H31F3N2O4. The maximum Gasteiger partial charge on any atom is 0.416 e. The third kappa shape index (κ3) is 6.56. The van der Waals surface area contributed by atoms with Crippen molar-refractivity contribution in [3.05, 3.63) is 53.1 Å². The second-order valence-electron chi connectivity index (χ2n) is 8.31. The number of ether oxygens (including phenoxy) is 3. The van der Waals surface area contributed by atoms with Crippen molar-refractivity contribution in [2.75, 3.05) is 34.4 Å². The van der Waals surface area contributed by atoms with Gasteiger partial charge in [0.15, 0.2) is 11.5 Å². The quantitative estimate of drug-likeness (QED) is 0.575. The van der Waals surface area contributed by atoms with Gasteiger partial charge in [0.25, 0.3) is 0 Å². The van der Waals surface area contributed by atoms with Crippen molar-refractivity contribution >= 4 is 5.91 Å². The van der Waals surface area contributed by atoms with Crippen LogP contribution < -0.4 is 19.5 Å². The zero-order valence-corrected chi connectivity index (χ0v) is 19.7. The highest BCUT2D eigenvalue weighted by atomic mass is 19.4. The molecule has 1 amide bonds. The Morgan fingerprint density at radius 1 is 1.03 bits per heavy atom. The second-order valence-corrected chi connectivity index (χ2v) is 8.31. The van der Waals surface area contributed by atoms with Gasteiger partial charge in [-0.2, -0.15) is 13.2 Å². The maximum absolute atomic E-state index is 12.9. The number of carbonyl (C=O) groups excluding carboxylic acids is 1. The lowest BCUT2D eigenvalue weighted by atomic mass is 10.0. The van der Waals surface area contributed by atoms with E-state index in [1.165, 1.54) is 19.2 Å². The van der Waals surface area contributed by atoms with Crippen LogP contribution in [0.3, 0.4) is 0 Å². The standard InChI is InChI=1S/C25H31F3N2O4/c1-32-21-9-7-18(23(33-2)24(21)34-3)8-10-22(31)29-20-11-13-30(14-12-20)16-17-5-4-6-19(15-17)25(26,27)28/h4-7,9,15,20H,8,10-14,16H2,1-3H3,(H,29,31). The number of rotatable bonds is 9. The molecule has 0 radical (unpaired) electrons. The largest absolute Gasteiger partial charge is 0.493 e. The van der Waals surface area contributed by atoms with E-state index in [9.17, 15) is 18.0 Å². The number of benzene rings is 2. The number of piperidine rings is 1. The minimum atomic E-state index is -4.34. The number of nitrogens with one attached hydrogen (secondary N) is 1. The van der Waals surface area contributed by atoms with Gasteiger partial charge in [0.2, 0.25) is 11.7 Å². The highest BCUT2D eigenvalue weighted by Crippen LogP contribution is 2.40. The molecule has 2 aromatic rings. The Kier molecular flexibility index (Phi) is 8.66. The molecule has 9 heteroatoms. The summed E-state index contributed by atoms with van der Waals surface area (Å²) in [6.45, 7) is 1.89. The van der Waals surface area contributed by atoms with Gasteiger partial charge < -0.3 is 19.5 Å². The van der Waals surface area contributed by atoms with E-state index >= 15 is 0 Å². The van der Waals surface area contributed by atoms with Gasteiger partial charge in [0.05, 0.1) is 26.9 Å². The molecule has 186 valence electrons. The zero-order chi connectivity index (χ0) is 24.7. The molecule has 0 bridgehead atoms. The predicted octanol–water partition coefficient (Wildman–Crippen LogP) is 4.44. The van der Waals surface area contributed by atoms with Crippen molar-refractivity contribution in [1.29, 1.82) is 0 Å². The summed E-state index contributed by atoms with van der Waals surface area (Å²) in [5, 5.41) is 3.08. The number of halogens is 3. The highest BCUT2D eigenvalue weighted by Gasteiger charge is 2.30. The molecule has 34 heavy (non-hydrogen) atoms. The summed E-state index contributed by atoms with van der Waals surface area (Å²) in [5.41, 5.74) is 0.866. The zero-order valence-electron chi connectivity index (χ0n) is 19.7. The number of methoxy groups -OCH3 is 3. The summed E-state index contributed by atoms with van der Waals surface area (Å²) in [4.78, 5) is 14.7. The van der Waals surface area contributed by atoms with Crippen LogP contribution in [0.2, 0.25) is 0 Å². The molecule has 0 spiro atoms. The molecule has 0 unspecified atom stereocenters. The molecule has 1 N–H and O–H groups in total. The van der Waals surface area contributed by atoms with Crippen LogP contribution in [0.5, 0.6) is 17.2 Å². The molecule has 3 rings (SSSR count). The van der Waals surface area contributed by atoms with Gasteiger partial charge in [0.1, 0.15) is 0 Å². The van der Waals surface area contributed by atoms with Crippen LogP contribution in [0.4, 0.5) is 13.2 Å². The lowest BCUT2D eigenvalue weighted by Crippen LogP contribution is -2.44. The Balaban J connectivity index is 1.47. The molecule has 1 aliphatic heterocycles. The first-order valence-corrected chi connectivity index (χ1v) is 11.2. The number of likely N-dealkylation sites (tertiary alicyclic amines) is 1. The van der Waals surface area contributed by atoms with E-state index in [2.05, 4.69) is 10.2 Å². The molecule has 0 aliphatic carbocycles. The van der Waals surface area contributed by atoms with Crippen molar-refractivity contribution in [2.24, 2.45) is 0 Å². The van der Waals surface area contributed by atoms with Crippen molar-refractivity contribution in [3.8, 4) is 17.2 Å². The van der Waals surface area contributed by atoms with Crippen LogP contribution >= 0.6 is 0 Å². The van der Waals surface area contributed by atoms with E-state index in [-0.39, 0.29) is 11.9 Å². The Morgan fingerprint density at radius 3 is 2.35 bits per heavy atom. The second kappa shape index (κ2) is 11.5. The molecular weight excluding hydrogens is 449 g/mol. The third-order valence-corrected chi connectivity index (χ3v) is 6.02. The van der Waals surface area contributed by atoms with E-state index in [1.54, 1.807) is 26.4 Å². The maximum atomic E-state index is 12.9. The average molecular weight is 481 g/mol. The smallest absolute Gasteiger partial charge is 0.416 e. The Morgan fingerprint density at radius 2 is 1.74 bits per heavy atom. The number of nitrogens with zero attached hydrogens (tertiary/aromatic N) is 1. The average Bonchev–Trinajstić information content (AvgIpc) is 2.82. The molecule has 0 atom stereocenters. The van der Waals surface area contributed by atoms with Crippen LogP contribution in [0, 0.1) is 0 Å². The van der Waals surface area contributed by atoms with Gasteiger partial charge in [-0.25, -0.2) is 0 Å². The van der Waals surface area contributed by atoms with Gasteiger partial charge in [-0.1, -0.05) is 24.3 Å². The first kappa shape index (κ1) is 25.7. The Bertz CT molecular complexity index is 973. The molecule has 6 nitrogen and oxygen atoms in total. The summed E-state index contributed by atoms with van der Waals surface area (Å²) in [6, 6.07) is 9.15. The van der Waals surface area contributed by atoms with Gasteiger partial charge in [0, 0.05) is 32.1 Å². The van der Waals surface area contributed by atoms with E-state index < -0.39 is 11.7 Å². The third-order valence-electron chi connectivity index (χ3n) is 6.02. The van der Waals surface area contributed by atoms with Gasteiger partial charge in [-0.15, -0.1) is 0 Å². The molecule has 1 aliphatic rings. The highest BCUT2D eigenvalue weighted by molar-refractivity contribution is 5.76. The Labute approximate surface area is 198 Å². The SMILES string of the molecule is COc1ccc(CCC(=O)NC2CCN(Cc3cccc(C(F)(F)F)c3)CC2)c(OC)c1OC. The topological polar surface area (TPSA) is 60.0 Å². The molecule has 1 heterocycles. The van der Waals surface area contributed by atoms with Crippen molar-refractivity contribution in [2.45, 2.75) is 44.4 Å². The van der Waals surface area contributed by atoms with Gasteiger partial charge in [-0.3, -0.25) is 9.69 Å². The summed E-state index contributed by atoms with van der Waals surface area (Å²) in [6.07, 6.45) is -2.04. The summed E-state index contributed by atoms with van der Waals surface area (Å²) < 4.78 is 55.0. The van der Waals surface area contributed by atoms with Crippen molar-refractivity contribution in [3.63, 3.8) is 0 Å². The number of amides is 1. The number of alkyl halides is 3. The van der Waals surface area contributed by atoms with Gasteiger partial charge >= 0.3 is 6.18 Å². The van der Waals surface area contributed by atoms with E-state index in [4.69, 9.17) is 14.2 Å². The number of hydrogen-bond donors (Lipinski definition) is 1. The minimum absolute atomic E-state index is 0.0480. The van der Waals surface area contributed by atoms with Crippen molar-refractivity contribution < 1.29 is 32.2 Å². The van der Waals surface area contributed by atoms with E-state index in [0.29, 0.717) is 55.3 Å². The number of carbonyl (C=O) groups is 1. The van der Waals surface area contributed by atoms with Gasteiger partial charge in [-0.05, 0) is 42.5 Å². The molecule has 1 fully saturated rings. The summed E-state index contributed by atoms with van der Waals surface area (Å²) >= 11 is 0. The minimum Gasteiger partial charge on any atom is -0.493 e. The first-order chi connectivity index (χ1) is 16.2. The lowest BCUT2D eigenvalue weighted by Gasteiger charge is -2.32. The van der Waals surface area contributed by atoms with Crippen LogP contribution in [0.1, 0.15) is 36.0 Å². The Hall–Kier alpha value is -2.94. The predicted molar refractivity (Wildman–Crippen MR) is 122 cm³/mol. The van der Waals surface area contributed by atoms with Crippen LogP contribution in [0.25, 0.3) is 0 Å². The molecule has 0 aromatic heterocycles. The normalized spacial score (nSPS) is 15.1. The summed E-state index contributed by atoms with van der Waals surface area (Å²) in [5.74, 6) is 1.56. The number of hydrogen-bond acceptors (Lipinski definition) is 5. The van der Waals surface area contributed by atoms with E-state index in [0.717, 1.165) is 24.5 Å². The van der Waals surface area contributed by atoms with Crippen molar-refractivity contribution in [1.82, 2.24) is 10.2 Å². The monoisotopic (exact) mass is 480 g/mol. The summed E-state index contributed by atoms with van der Waals surface area (Å²) in [7, 11) is 4.64. The molecule has 0 saturated carbocycles. The number of aryl methyl sites for hydroxylation is 1. The molecule has 1 saturated heterocycles. The fraction of sp³-hybridized carbons (Fsp3) is 0.480. The lowest BCUT2D eigenvalue weighted by molar-refractivity contribution is -0.137. The van der Waals surface area contributed by atoms with Crippen LogP contribution in [-0.2, 0) is 23.9 Å². The fourth-order valence-electron chi connectivity index (χ4n) is 4.25.